The number of nitrogens with one attached hydrogen (secondary N) is 2. The smallest absolute Gasteiger partial charge is 0.253 e. The second-order valence-corrected chi connectivity index (χ2v) is 8.81. The molecule has 1 aromatic carbocycles. The molecule has 1 aliphatic rings. The summed E-state index contributed by atoms with van der Waals surface area (Å²) >= 11 is 7.39. The topological polar surface area (TPSA) is 109 Å². The number of rotatable bonds is 9. The van der Waals surface area contributed by atoms with E-state index in [1.165, 1.54) is 18.2 Å². The number of aliphatic hydroxyl groups excluding tert-OH is 1. The summed E-state index contributed by atoms with van der Waals surface area (Å²) in [5.74, 6) is 0.247. The molecule has 1 aliphatic carbocycles. The number of thioether (sulfide) groups is 1. The lowest BCUT2D eigenvalue weighted by Gasteiger charge is -2.22. The Morgan fingerprint density at radius 2 is 2.00 bits per heavy atom. The minimum absolute atomic E-state index is 0.0187. The predicted molar refractivity (Wildman–Crippen MR) is 120 cm³/mol. The minimum atomic E-state index is -0.748. The molecule has 3 rings (SSSR count). The third-order valence-electron chi connectivity index (χ3n) is 5.28. The van der Waals surface area contributed by atoms with Gasteiger partial charge in [0.1, 0.15) is 6.04 Å². The molecule has 2 amide bonds. The summed E-state index contributed by atoms with van der Waals surface area (Å²) in [6.07, 6.45) is 5.63. The van der Waals surface area contributed by atoms with Crippen LogP contribution in [0.4, 0.5) is 0 Å². The van der Waals surface area contributed by atoms with Gasteiger partial charge < -0.3 is 20.3 Å². The molecular formula is C21H28ClN5O3S. The second-order valence-electron chi connectivity index (χ2n) is 7.46. The van der Waals surface area contributed by atoms with Gasteiger partial charge in [-0.1, -0.05) is 54.8 Å². The Hall–Kier alpha value is -2.10. The summed E-state index contributed by atoms with van der Waals surface area (Å²) in [6, 6.07) is 6.22. The van der Waals surface area contributed by atoms with Crippen molar-refractivity contribution in [2.24, 2.45) is 0 Å². The van der Waals surface area contributed by atoms with E-state index in [0.717, 1.165) is 25.7 Å². The molecule has 2 aromatic rings. The van der Waals surface area contributed by atoms with Crippen molar-refractivity contribution >= 4 is 35.2 Å². The van der Waals surface area contributed by atoms with Gasteiger partial charge in [-0.3, -0.25) is 9.59 Å². The van der Waals surface area contributed by atoms with Gasteiger partial charge in [0, 0.05) is 12.6 Å². The van der Waals surface area contributed by atoms with Gasteiger partial charge >= 0.3 is 0 Å². The van der Waals surface area contributed by atoms with Gasteiger partial charge in [-0.15, -0.1) is 10.2 Å². The van der Waals surface area contributed by atoms with Crippen LogP contribution in [0.3, 0.4) is 0 Å². The normalized spacial score (nSPS) is 15.5. The Kier molecular flexibility index (Phi) is 8.74. The van der Waals surface area contributed by atoms with Crippen molar-refractivity contribution in [2.75, 3.05) is 12.4 Å². The van der Waals surface area contributed by atoms with Gasteiger partial charge in [-0.2, -0.15) is 0 Å². The summed E-state index contributed by atoms with van der Waals surface area (Å²) in [4.78, 5) is 24.9. The lowest BCUT2D eigenvalue weighted by molar-refractivity contribution is -0.119. The Morgan fingerprint density at radius 1 is 1.26 bits per heavy atom. The number of amides is 2. The van der Waals surface area contributed by atoms with E-state index in [4.69, 9.17) is 11.6 Å². The summed E-state index contributed by atoms with van der Waals surface area (Å²) in [6.45, 7) is 2.11. The Labute approximate surface area is 191 Å². The van der Waals surface area contributed by atoms with Crippen LogP contribution in [0.25, 0.3) is 0 Å². The van der Waals surface area contributed by atoms with Crippen LogP contribution in [0, 0.1) is 0 Å². The maximum atomic E-state index is 12.6. The van der Waals surface area contributed by atoms with Gasteiger partial charge in [0.15, 0.2) is 11.0 Å². The molecule has 31 heavy (non-hydrogen) atoms. The molecule has 0 unspecified atom stereocenters. The maximum Gasteiger partial charge on any atom is 0.253 e. The number of benzene rings is 1. The fraction of sp³-hybridized carbons (Fsp3) is 0.524. The third-order valence-corrected chi connectivity index (χ3v) is 6.58. The molecular weight excluding hydrogens is 438 g/mol. The highest BCUT2D eigenvalue weighted by atomic mass is 35.5. The molecule has 1 heterocycles. The van der Waals surface area contributed by atoms with Crippen LogP contribution in [-0.4, -0.2) is 50.1 Å². The van der Waals surface area contributed by atoms with Crippen molar-refractivity contribution in [3.8, 4) is 0 Å². The van der Waals surface area contributed by atoms with Crippen LogP contribution in [0.15, 0.2) is 29.4 Å². The van der Waals surface area contributed by atoms with E-state index in [1.54, 1.807) is 28.8 Å². The lowest BCUT2D eigenvalue weighted by Crippen LogP contribution is -2.37. The Balaban J connectivity index is 1.64. The number of aromatic nitrogens is 3. The molecule has 0 spiro atoms. The Morgan fingerprint density at radius 3 is 2.68 bits per heavy atom. The maximum absolute atomic E-state index is 12.6. The average molecular weight is 466 g/mol. The number of carbonyl (C=O) groups is 2. The number of aliphatic hydroxyl groups is 1. The van der Waals surface area contributed by atoms with Crippen molar-refractivity contribution in [1.29, 1.82) is 0 Å². The van der Waals surface area contributed by atoms with Gasteiger partial charge in [0.25, 0.3) is 5.91 Å². The molecule has 10 heteroatoms. The van der Waals surface area contributed by atoms with Crippen LogP contribution >= 0.6 is 23.4 Å². The highest BCUT2D eigenvalue weighted by molar-refractivity contribution is 7.99. The zero-order chi connectivity index (χ0) is 22.2. The molecule has 0 aliphatic heterocycles. The minimum Gasteiger partial charge on any atom is -0.394 e. The first kappa shape index (κ1) is 23.6. The quantitative estimate of drug-likeness (QED) is 0.491. The average Bonchev–Trinajstić information content (AvgIpc) is 3.19. The van der Waals surface area contributed by atoms with E-state index in [2.05, 4.69) is 20.8 Å². The summed E-state index contributed by atoms with van der Waals surface area (Å²) < 4.78 is 1.80. The van der Waals surface area contributed by atoms with Gasteiger partial charge in [-0.05, 0) is 31.9 Å². The van der Waals surface area contributed by atoms with Crippen molar-refractivity contribution in [3.63, 3.8) is 0 Å². The standard InChI is InChI=1S/C21H28ClN5O3S/c1-2-27-19(17(12-28)24-20(30)15-10-6-7-11-16(15)22)25-26-21(27)31-13-18(29)23-14-8-4-3-5-9-14/h6-7,10-11,14,17,28H,2-5,8-9,12-13H2,1H3,(H,23,29)(H,24,30)/t17-/m0/s1. The van der Waals surface area contributed by atoms with Gasteiger partial charge in [0.2, 0.25) is 5.91 Å². The van der Waals surface area contributed by atoms with E-state index < -0.39 is 11.9 Å². The number of hydrogen-bond donors (Lipinski definition) is 3. The number of hydrogen-bond acceptors (Lipinski definition) is 6. The van der Waals surface area contributed by atoms with Gasteiger partial charge in [0.05, 0.1) is 22.9 Å². The highest BCUT2D eigenvalue weighted by Gasteiger charge is 2.24. The van der Waals surface area contributed by atoms with E-state index in [9.17, 15) is 14.7 Å². The number of halogens is 1. The number of carbonyl (C=O) groups excluding carboxylic acids is 2. The molecule has 8 nitrogen and oxygen atoms in total. The van der Waals surface area contributed by atoms with Crippen molar-refractivity contribution in [1.82, 2.24) is 25.4 Å². The highest BCUT2D eigenvalue weighted by Crippen LogP contribution is 2.23. The monoisotopic (exact) mass is 465 g/mol. The summed E-state index contributed by atoms with van der Waals surface area (Å²) in [5, 5.41) is 25.0. The predicted octanol–water partition coefficient (Wildman–Crippen LogP) is 2.96. The van der Waals surface area contributed by atoms with Crippen LogP contribution in [0.5, 0.6) is 0 Å². The molecule has 0 bridgehead atoms. The zero-order valence-electron chi connectivity index (χ0n) is 17.5. The lowest BCUT2D eigenvalue weighted by atomic mass is 9.95. The largest absolute Gasteiger partial charge is 0.394 e. The van der Waals surface area contributed by atoms with E-state index in [0.29, 0.717) is 28.1 Å². The first-order chi connectivity index (χ1) is 15.0. The molecule has 1 aromatic heterocycles. The number of nitrogens with zero attached hydrogens (tertiary/aromatic N) is 3. The first-order valence-electron chi connectivity index (χ1n) is 10.5. The van der Waals surface area contributed by atoms with E-state index in [-0.39, 0.29) is 24.3 Å². The zero-order valence-corrected chi connectivity index (χ0v) is 19.1. The molecule has 0 radical (unpaired) electrons. The van der Waals surface area contributed by atoms with Crippen LogP contribution in [0.1, 0.15) is 61.3 Å². The second kappa shape index (κ2) is 11.5. The van der Waals surface area contributed by atoms with E-state index >= 15 is 0 Å². The fourth-order valence-corrected chi connectivity index (χ4v) is 4.72. The summed E-state index contributed by atoms with van der Waals surface area (Å²) in [7, 11) is 0. The molecule has 3 N–H and O–H groups in total. The van der Waals surface area contributed by atoms with Crippen LogP contribution in [-0.2, 0) is 11.3 Å². The van der Waals surface area contributed by atoms with Gasteiger partial charge in [-0.25, -0.2) is 0 Å². The molecule has 1 atom stereocenters. The van der Waals surface area contributed by atoms with Crippen molar-refractivity contribution in [3.05, 3.63) is 40.7 Å². The van der Waals surface area contributed by atoms with Crippen LogP contribution in [0.2, 0.25) is 5.02 Å². The van der Waals surface area contributed by atoms with Crippen molar-refractivity contribution in [2.45, 2.75) is 62.8 Å². The molecule has 0 saturated heterocycles. The molecule has 1 saturated carbocycles. The van der Waals surface area contributed by atoms with E-state index in [1.807, 2.05) is 6.92 Å². The molecule has 168 valence electrons. The molecule has 1 fully saturated rings. The third kappa shape index (κ3) is 6.21. The SMILES string of the molecule is CCn1c(SCC(=O)NC2CCCCC2)nnc1[C@H](CO)NC(=O)c1ccccc1Cl. The Bertz CT molecular complexity index is 901. The fourth-order valence-electron chi connectivity index (χ4n) is 3.68. The van der Waals surface area contributed by atoms with Crippen molar-refractivity contribution < 1.29 is 14.7 Å². The van der Waals surface area contributed by atoms with Crippen LogP contribution < -0.4 is 10.6 Å². The first-order valence-corrected chi connectivity index (χ1v) is 11.9. The summed E-state index contributed by atoms with van der Waals surface area (Å²) in [5.41, 5.74) is 0.319.